The molecular weight excluding hydrogens is 380 g/mol. The highest BCUT2D eigenvalue weighted by Gasteiger charge is 2.08. The second-order valence-electron chi connectivity index (χ2n) is 8.00. The first-order chi connectivity index (χ1) is 15.0. The van der Waals surface area contributed by atoms with Crippen molar-refractivity contribution in [3.8, 4) is 5.75 Å². The SMILES string of the molecule is CCCCCCCCCC=C\C=C/C=C\C=C/C=CC(=O)Oc1c(C)cc(C)cc1C. The van der Waals surface area contributed by atoms with Gasteiger partial charge in [-0.2, -0.15) is 0 Å². The first kappa shape index (κ1) is 26.4. The van der Waals surface area contributed by atoms with E-state index in [1.165, 1.54) is 51.0 Å². The molecule has 31 heavy (non-hydrogen) atoms. The predicted molar refractivity (Wildman–Crippen MR) is 135 cm³/mol. The largest absolute Gasteiger partial charge is 0.423 e. The van der Waals surface area contributed by atoms with E-state index in [0.29, 0.717) is 5.75 Å². The molecule has 0 fully saturated rings. The van der Waals surface area contributed by atoms with Crippen molar-refractivity contribution in [1.82, 2.24) is 0 Å². The van der Waals surface area contributed by atoms with Crippen LogP contribution in [0.4, 0.5) is 0 Å². The molecule has 0 amide bonds. The van der Waals surface area contributed by atoms with Crippen molar-refractivity contribution in [2.24, 2.45) is 0 Å². The molecule has 0 atom stereocenters. The zero-order valence-electron chi connectivity index (χ0n) is 19.9. The summed E-state index contributed by atoms with van der Waals surface area (Å²) in [5, 5.41) is 0. The average Bonchev–Trinajstić information content (AvgIpc) is 2.73. The van der Waals surface area contributed by atoms with Gasteiger partial charge in [-0.05, 0) is 44.7 Å². The molecule has 1 aromatic rings. The Kier molecular flexibility index (Phi) is 14.6. The molecule has 0 unspecified atom stereocenters. The topological polar surface area (TPSA) is 26.3 Å². The van der Waals surface area contributed by atoms with E-state index in [0.717, 1.165) is 23.1 Å². The maximum Gasteiger partial charge on any atom is 0.336 e. The van der Waals surface area contributed by atoms with E-state index in [1.807, 2.05) is 69.4 Å². The van der Waals surface area contributed by atoms with E-state index < -0.39 is 0 Å². The summed E-state index contributed by atoms with van der Waals surface area (Å²) in [6.45, 7) is 8.20. The number of unbranched alkanes of at least 4 members (excludes halogenated alkanes) is 7. The molecule has 1 aromatic carbocycles. The van der Waals surface area contributed by atoms with Crippen molar-refractivity contribution in [1.29, 1.82) is 0 Å². The lowest BCUT2D eigenvalue weighted by molar-refractivity contribution is -0.129. The average molecular weight is 421 g/mol. The van der Waals surface area contributed by atoms with Crippen LogP contribution in [0.1, 0.15) is 75.0 Å². The molecule has 0 N–H and O–H groups in total. The van der Waals surface area contributed by atoms with Gasteiger partial charge in [-0.3, -0.25) is 0 Å². The van der Waals surface area contributed by atoms with Crippen molar-refractivity contribution in [2.75, 3.05) is 0 Å². The highest BCUT2D eigenvalue weighted by molar-refractivity contribution is 5.84. The quantitative estimate of drug-likeness (QED) is 0.0992. The van der Waals surface area contributed by atoms with Crippen molar-refractivity contribution < 1.29 is 9.53 Å². The minimum Gasteiger partial charge on any atom is -0.423 e. The van der Waals surface area contributed by atoms with Crippen molar-refractivity contribution in [3.05, 3.63) is 89.6 Å². The van der Waals surface area contributed by atoms with Gasteiger partial charge in [0.05, 0.1) is 0 Å². The number of carbonyl (C=O) groups excluding carboxylic acids is 1. The number of rotatable bonds is 14. The lowest BCUT2D eigenvalue weighted by Gasteiger charge is -2.10. The van der Waals surface area contributed by atoms with Crippen LogP contribution in [0, 0.1) is 20.8 Å². The van der Waals surface area contributed by atoms with Gasteiger partial charge in [0.15, 0.2) is 0 Å². The zero-order chi connectivity index (χ0) is 22.7. The summed E-state index contributed by atoms with van der Waals surface area (Å²) in [5.41, 5.74) is 3.11. The van der Waals surface area contributed by atoms with Gasteiger partial charge in [-0.25, -0.2) is 4.79 Å². The summed E-state index contributed by atoms with van der Waals surface area (Å²) in [5.74, 6) is 0.281. The predicted octanol–water partition coefficient (Wildman–Crippen LogP) is 8.44. The van der Waals surface area contributed by atoms with Gasteiger partial charge in [-0.1, -0.05) is 118 Å². The Bertz CT molecular complexity index is 768. The summed E-state index contributed by atoms with van der Waals surface area (Å²) >= 11 is 0. The Hall–Kier alpha value is -2.61. The number of ether oxygens (including phenoxy) is 1. The minimum absolute atomic E-state index is 0.366. The third kappa shape index (κ3) is 13.3. The fourth-order valence-corrected chi connectivity index (χ4v) is 3.38. The number of aryl methyl sites for hydroxylation is 3. The van der Waals surface area contributed by atoms with Gasteiger partial charge < -0.3 is 4.74 Å². The fraction of sp³-hybridized carbons (Fsp3) is 0.414. The number of allylic oxidation sites excluding steroid dienone is 9. The Morgan fingerprint density at radius 3 is 1.87 bits per heavy atom. The molecule has 0 radical (unpaired) electrons. The van der Waals surface area contributed by atoms with Gasteiger partial charge in [0, 0.05) is 6.08 Å². The van der Waals surface area contributed by atoms with Crippen molar-refractivity contribution >= 4 is 5.97 Å². The maximum atomic E-state index is 12.0. The molecule has 2 heteroatoms. The Labute approximate surface area is 190 Å². The van der Waals surface area contributed by atoms with E-state index in [4.69, 9.17) is 4.74 Å². The van der Waals surface area contributed by atoms with E-state index in [9.17, 15) is 4.79 Å². The molecule has 1 rings (SSSR count). The van der Waals surface area contributed by atoms with Crippen LogP contribution < -0.4 is 4.74 Å². The number of hydrogen-bond donors (Lipinski definition) is 0. The lowest BCUT2D eigenvalue weighted by Crippen LogP contribution is -2.06. The monoisotopic (exact) mass is 420 g/mol. The van der Waals surface area contributed by atoms with Crippen LogP contribution in [0.5, 0.6) is 5.75 Å². The molecule has 0 bridgehead atoms. The van der Waals surface area contributed by atoms with Crippen LogP contribution in [0.3, 0.4) is 0 Å². The molecule has 0 heterocycles. The summed E-state index contributed by atoms with van der Waals surface area (Å²) in [7, 11) is 0. The highest BCUT2D eigenvalue weighted by Crippen LogP contribution is 2.24. The molecule has 0 saturated heterocycles. The van der Waals surface area contributed by atoms with Gasteiger partial charge >= 0.3 is 5.97 Å². The molecule has 0 aliphatic rings. The van der Waals surface area contributed by atoms with Crippen LogP contribution in [0.25, 0.3) is 0 Å². The molecule has 0 aliphatic carbocycles. The van der Waals surface area contributed by atoms with E-state index >= 15 is 0 Å². The third-order valence-electron chi connectivity index (χ3n) is 4.93. The van der Waals surface area contributed by atoms with Crippen molar-refractivity contribution in [2.45, 2.75) is 79.1 Å². The molecule has 0 saturated carbocycles. The Morgan fingerprint density at radius 2 is 1.26 bits per heavy atom. The van der Waals surface area contributed by atoms with Crippen molar-refractivity contribution in [3.63, 3.8) is 0 Å². The second kappa shape index (κ2) is 17.1. The van der Waals surface area contributed by atoms with E-state index in [-0.39, 0.29) is 5.97 Å². The standard InChI is InChI=1S/C29H40O2/c1-5-6-7-8-9-10-11-12-13-14-15-16-17-18-19-20-21-22-28(30)31-29-26(3)23-25(2)24-27(29)4/h13-24H,5-12H2,1-4H3/b14-13?,16-15-,18-17-,20-19-,22-21?. The fourth-order valence-electron chi connectivity index (χ4n) is 3.38. The summed E-state index contributed by atoms with van der Waals surface area (Å²) in [4.78, 5) is 12.0. The minimum atomic E-state index is -0.366. The summed E-state index contributed by atoms with van der Waals surface area (Å²) in [6.07, 6.45) is 29.8. The first-order valence-corrected chi connectivity index (χ1v) is 11.7. The van der Waals surface area contributed by atoms with E-state index in [2.05, 4.69) is 19.1 Å². The molecule has 168 valence electrons. The Balaban J connectivity index is 2.20. The molecule has 0 spiro atoms. The number of benzene rings is 1. The van der Waals surface area contributed by atoms with Gasteiger partial charge in [0.1, 0.15) is 5.75 Å². The zero-order valence-corrected chi connectivity index (χ0v) is 19.9. The molecular formula is C29H40O2. The summed E-state index contributed by atoms with van der Waals surface area (Å²) < 4.78 is 5.46. The molecule has 0 aliphatic heterocycles. The third-order valence-corrected chi connectivity index (χ3v) is 4.93. The number of hydrogen-bond acceptors (Lipinski definition) is 2. The smallest absolute Gasteiger partial charge is 0.336 e. The highest BCUT2D eigenvalue weighted by atomic mass is 16.5. The number of carbonyl (C=O) groups is 1. The molecule has 0 aromatic heterocycles. The van der Waals surface area contributed by atoms with Gasteiger partial charge in [0.2, 0.25) is 0 Å². The Morgan fingerprint density at radius 1 is 0.742 bits per heavy atom. The second-order valence-corrected chi connectivity index (χ2v) is 8.00. The van der Waals surface area contributed by atoms with Gasteiger partial charge in [-0.15, -0.1) is 0 Å². The summed E-state index contributed by atoms with van der Waals surface area (Å²) in [6, 6.07) is 4.03. The van der Waals surface area contributed by atoms with Crippen LogP contribution in [-0.4, -0.2) is 5.97 Å². The first-order valence-electron chi connectivity index (χ1n) is 11.7. The van der Waals surface area contributed by atoms with Crippen LogP contribution in [0.15, 0.2) is 72.9 Å². The van der Waals surface area contributed by atoms with E-state index in [1.54, 1.807) is 6.08 Å². The lowest BCUT2D eigenvalue weighted by atomic mass is 10.1. The van der Waals surface area contributed by atoms with Crippen LogP contribution in [0.2, 0.25) is 0 Å². The van der Waals surface area contributed by atoms with Gasteiger partial charge in [0.25, 0.3) is 0 Å². The molecule has 2 nitrogen and oxygen atoms in total. The maximum absolute atomic E-state index is 12.0. The normalized spacial score (nSPS) is 12.4. The van der Waals surface area contributed by atoms with Crippen LogP contribution in [-0.2, 0) is 4.79 Å². The van der Waals surface area contributed by atoms with Crippen LogP contribution >= 0.6 is 0 Å². The number of esters is 1.